The normalized spacial score (nSPS) is 17.0. The van der Waals surface area contributed by atoms with Crippen molar-refractivity contribution in [2.45, 2.75) is 25.4 Å². The fraction of sp³-hybridized carbons (Fsp3) is 0.417. The van der Waals surface area contributed by atoms with Crippen LogP contribution in [-0.2, 0) is 13.0 Å². The van der Waals surface area contributed by atoms with Crippen LogP contribution in [0.3, 0.4) is 0 Å². The summed E-state index contributed by atoms with van der Waals surface area (Å²) in [5, 5.41) is 6.97. The highest BCUT2D eigenvalue weighted by atomic mass is 16.5. The number of nitrogens with one attached hydrogen (secondary N) is 3. The van der Waals surface area contributed by atoms with Crippen molar-refractivity contribution in [2.75, 3.05) is 40.9 Å². The quantitative estimate of drug-likeness (QED) is 0.372. The molecule has 0 radical (unpaired) electrons. The number of para-hydroxylation sites is 2. The highest BCUT2D eigenvalue weighted by Gasteiger charge is 2.23. The Morgan fingerprint density at radius 2 is 1.97 bits per heavy atom. The Morgan fingerprint density at radius 3 is 2.69 bits per heavy atom. The summed E-state index contributed by atoms with van der Waals surface area (Å²) in [7, 11) is 5.17. The Hall–Kier alpha value is -3.26. The molecule has 32 heavy (non-hydrogen) atoms. The van der Waals surface area contributed by atoms with Crippen molar-refractivity contribution < 1.29 is 9.47 Å². The molecule has 3 aromatic rings. The number of hydrogen-bond donors (Lipinski definition) is 3. The molecule has 0 saturated carbocycles. The van der Waals surface area contributed by atoms with E-state index in [4.69, 9.17) is 9.47 Å². The second-order valence-corrected chi connectivity index (χ2v) is 8.04. The second-order valence-electron chi connectivity index (χ2n) is 8.04. The van der Waals surface area contributed by atoms with E-state index in [-0.39, 0.29) is 0 Å². The van der Waals surface area contributed by atoms with Crippen LogP contribution in [0.5, 0.6) is 11.5 Å². The highest BCUT2D eigenvalue weighted by molar-refractivity contribution is 5.80. The number of nitrogens with zero attached hydrogens (tertiary/aromatic N) is 3. The van der Waals surface area contributed by atoms with Gasteiger partial charge in [0, 0.05) is 51.8 Å². The molecular formula is C24H32N6O2. The van der Waals surface area contributed by atoms with Crippen molar-refractivity contribution in [3.8, 4) is 11.5 Å². The van der Waals surface area contributed by atoms with Crippen molar-refractivity contribution in [2.24, 2.45) is 4.99 Å². The molecule has 170 valence electrons. The minimum atomic E-state index is 0.361. The lowest BCUT2D eigenvalue weighted by Gasteiger charge is -2.19. The molecule has 1 atom stereocenters. The standard InChI is InChI=1S/C24H32N6O2/c1-25-24(26-10-8-23-28-21-6-4-5-7-22(21)29-23)27-18-9-11-30(16-18)15-17-12-19(31-2)14-20(13-17)32-3/h4-7,12-14,18H,8-11,15-16H2,1-3H3,(H,28,29)(H2,25,26,27). The molecular weight excluding hydrogens is 404 g/mol. The van der Waals surface area contributed by atoms with Crippen LogP contribution in [0.1, 0.15) is 17.8 Å². The zero-order valence-corrected chi connectivity index (χ0v) is 19.0. The van der Waals surface area contributed by atoms with Gasteiger partial charge in [0.1, 0.15) is 17.3 Å². The molecule has 4 rings (SSSR count). The van der Waals surface area contributed by atoms with E-state index in [0.717, 1.165) is 73.3 Å². The number of aliphatic imine (C=N–C) groups is 1. The topological polar surface area (TPSA) is 86.8 Å². The molecule has 0 aliphatic carbocycles. The summed E-state index contributed by atoms with van der Waals surface area (Å²) in [6, 6.07) is 14.5. The third-order valence-electron chi connectivity index (χ3n) is 5.75. The zero-order chi connectivity index (χ0) is 22.3. The van der Waals surface area contributed by atoms with Gasteiger partial charge in [0.25, 0.3) is 0 Å². The van der Waals surface area contributed by atoms with Gasteiger partial charge >= 0.3 is 0 Å². The number of aromatic amines is 1. The Bertz CT molecular complexity index is 1010. The van der Waals surface area contributed by atoms with Crippen molar-refractivity contribution in [3.05, 3.63) is 53.9 Å². The summed E-state index contributed by atoms with van der Waals surface area (Å²) in [5.41, 5.74) is 3.27. The molecule has 2 aromatic carbocycles. The Morgan fingerprint density at radius 1 is 1.19 bits per heavy atom. The first kappa shape index (κ1) is 22.0. The largest absolute Gasteiger partial charge is 0.497 e. The lowest BCUT2D eigenvalue weighted by Crippen LogP contribution is -2.45. The molecule has 8 heteroatoms. The fourth-order valence-corrected chi connectivity index (χ4v) is 4.12. The van der Waals surface area contributed by atoms with Gasteiger partial charge in [-0.3, -0.25) is 9.89 Å². The van der Waals surface area contributed by atoms with Crippen LogP contribution in [0, 0.1) is 0 Å². The molecule has 0 amide bonds. The summed E-state index contributed by atoms with van der Waals surface area (Å²) in [4.78, 5) is 14.8. The van der Waals surface area contributed by atoms with Gasteiger partial charge in [0.15, 0.2) is 5.96 Å². The SMILES string of the molecule is CN=C(NCCc1nc2ccccc2[nH]1)NC1CCN(Cc2cc(OC)cc(OC)c2)C1. The monoisotopic (exact) mass is 436 g/mol. The number of H-pyrrole nitrogens is 1. The smallest absolute Gasteiger partial charge is 0.191 e. The maximum Gasteiger partial charge on any atom is 0.191 e. The van der Waals surface area contributed by atoms with E-state index < -0.39 is 0 Å². The maximum absolute atomic E-state index is 5.40. The van der Waals surface area contributed by atoms with Gasteiger partial charge in [0.05, 0.1) is 25.3 Å². The number of rotatable bonds is 8. The molecule has 0 bridgehead atoms. The number of guanidine groups is 1. The van der Waals surface area contributed by atoms with E-state index in [1.165, 1.54) is 5.56 Å². The number of fused-ring (bicyclic) bond motifs is 1. The predicted octanol–water partition coefficient (Wildman–Crippen LogP) is 2.56. The third kappa shape index (κ3) is 5.50. The number of hydrogen-bond acceptors (Lipinski definition) is 5. The van der Waals surface area contributed by atoms with Gasteiger partial charge in [-0.25, -0.2) is 4.98 Å². The molecule has 1 saturated heterocycles. The van der Waals surface area contributed by atoms with Crippen LogP contribution in [0.4, 0.5) is 0 Å². The molecule has 1 fully saturated rings. The van der Waals surface area contributed by atoms with E-state index in [0.29, 0.717) is 6.04 Å². The van der Waals surface area contributed by atoms with E-state index in [1.54, 1.807) is 14.2 Å². The van der Waals surface area contributed by atoms with Gasteiger partial charge < -0.3 is 25.1 Å². The first-order valence-corrected chi connectivity index (χ1v) is 11.0. The average Bonchev–Trinajstić information content (AvgIpc) is 3.44. The van der Waals surface area contributed by atoms with Crippen LogP contribution < -0.4 is 20.1 Å². The number of imidazole rings is 1. The molecule has 1 aliphatic heterocycles. The molecule has 0 spiro atoms. The summed E-state index contributed by atoms with van der Waals surface area (Å²) >= 11 is 0. The second kappa shape index (κ2) is 10.4. The molecule has 1 unspecified atom stereocenters. The summed E-state index contributed by atoms with van der Waals surface area (Å²) in [5.74, 6) is 3.45. The van der Waals surface area contributed by atoms with Crippen molar-refractivity contribution >= 4 is 17.0 Å². The number of ether oxygens (including phenoxy) is 2. The van der Waals surface area contributed by atoms with Gasteiger partial charge in [-0.2, -0.15) is 0 Å². The average molecular weight is 437 g/mol. The number of benzene rings is 2. The van der Waals surface area contributed by atoms with Crippen LogP contribution in [-0.4, -0.2) is 67.8 Å². The number of likely N-dealkylation sites (tertiary alicyclic amines) is 1. The minimum absolute atomic E-state index is 0.361. The van der Waals surface area contributed by atoms with E-state index >= 15 is 0 Å². The van der Waals surface area contributed by atoms with E-state index in [2.05, 4.69) is 42.6 Å². The number of methoxy groups -OCH3 is 2. The number of aromatic nitrogens is 2. The summed E-state index contributed by atoms with van der Waals surface area (Å²) in [6.45, 7) is 3.63. The molecule has 2 heterocycles. The first-order chi connectivity index (χ1) is 15.7. The van der Waals surface area contributed by atoms with E-state index in [1.807, 2.05) is 37.4 Å². The first-order valence-electron chi connectivity index (χ1n) is 11.0. The third-order valence-corrected chi connectivity index (χ3v) is 5.75. The lowest BCUT2D eigenvalue weighted by atomic mass is 10.2. The molecule has 1 aliphatic rings. The summed E-state index contributed by atoms with van der Waals surface area (Å²) in [6.07, 6.45) is 1.88. The van der Waals surface area contributed by atoms with Crippen molar-refractivity contribution in [1.29, 1.82) is 0 Å². The van der Waals surface area contributed by atoms with Gasteiger partial charge in [-0.05, 0) is 36.2 Å². The zero-order valence-electron chi connectivity index (χ0n) is 19.0. The van der Waals surface area contributed by atoms with Crippen LogP contribution in [0.25, 0.3) is 11.0 Å². The molecule has 3 N–H and O–H groups in total. The predicted molar refractivity (Wildman–Crippen MR) is 128 cm³/mol. The van der Waals surface area contributed by atoms with Gasteiger partial charge in [-0.1, -0.05) is 12.1 Å². The summed E-state index contributed by atoms with van der Waals surface area (Å²) < 4.78 is 10.8. The van der Waals surface area contributed by atoms with Crippen molar-refractivity contribution in [3.63, 3.8) is 0 Å². The fourth-order valence-electron chi connectivity index (χ4n) is 4.12. The highest BCUT2D eigenvalue weighted by Crippen LogP contribution is 2.24. The molecule has 8 nitrogen and oxygen atoms in total. The van der Waals surface area contributed by atoms with Crippen molar-refractivity contribution in [1.82, 2.24) is 25.5 Å². The van der Waals surface area contributed by atoms with Crippen LogP contribution >= 0.6 is 0 Å². The lowest BCUT2D eigenvalue weighted by molar-refractivity contribution is 0.321. The Balaban J connectivity index is 1.25. The van der Waals surface area contributed by atoms with Crippen LogP contribution in [0.2, 0.25) is 0 Å². The Kier molecular flexibility index (Phi) is 7.11. The van der Waals surface area contributed by atoms with Gasteiger partial charge in [0.2, 0.25) is 0 Å². The Labute approximate surface area is 189 Å². The van der Waals surface area contributed by atoms with E-state index in [9.17, 15) is 0 Å². The minimum Gasteiger partial charge on any atom is -0.497 e. The van der Waals surface area contributed by atoms with Gasteiger partial charge in [-0.15, -0.1) is 0 Å². The maximum atomic E-state index is 5.40. The van der Waals surface area contributed by atoms with Crippen LogP contribution in [0.15, 0.2) is 47.5 Å². The molecule has 1 aromatic heterocycles.